The van der Waals surface area contributed by atoms with Gasteiger partial charge < -0.3 is 4.90 Å². The fourth-order valence-corrected chi connectivity index (χ4v) is 7.04. The third-order valence-corrected chi connectivity index (χ3v) is 9.01. The Morgan fingerprint density at radius 2 is 1.88 bits per heavy atom. The minimum atomic E-state index is -4.01. The summed E-state index contributed by atoms with van der Waals surface area (Å²) in [5.74, 6) is -0.283. The number of aromatic nitrogens is 1. The summed E-state index contributed by atoms with van der Waals surface area (Å²) in [5, 5.41) is 3.50. The standard InChI is InChI=1S/C24H24Cl2N2O3S3/c1-3-16(12-23-27(4-2)19-14-17(25)6-8-21(19)32-23)13-24-28(10-5-11-34(29,30)31)20-15-18(26)7-9-22(20)33-24/h6-9,12-15H,3-5,10-11H2,1-2H3/p+1. The molecule has 2 heterocycles. The molecule has 3 aromatic rings. The van der Waals surface area contributed by atoms with Gasteiger partial charge in [0, 0.05) is 40.0 Å². The van der Waals surface area contributed by atoms with Crippen LogP contribution in [0.1, 0.15) is 31.7 Å². The summed E-state index contributed by atoms with van der Waals surface area (Å²) in [6.45, 7) is 5.54. The molecule has 5 nitrogen and oxygen atoms in total. The van der Waals surface area contributed by atoms with Crippen molar-refractivity contribution in [3.05, 3.63) is 68.1 Å². The molecule has 180 valence electrons. The molecule has 1 aromatic heterocycles. The van der Waals surface area contributed by atoms with E-state index in [1.54, 1.807) is 23.1 Å². The summed E-state index contributed by atoms with van der Waals surface area (Å²) in [6, 6.07) is 11.7. The van der Waals surface area contributed by atoms with Crippen molar-refractivity contribution < 1.29 is 17.5 Å². The maximum atomic E-state index is 11.2. The highest BCUT2D eigenvalue weighted by Crippen LogP contribution is 2.47. The molecular formula is C24H25Cl2N2O3S3+. The lowest BCUT2D eigenvalue weighted by Gasteiger charge is -2.18. The van der Waals surface area contributed by atoms with Crippen LogP contribution < -0.4 is 9.47 Å². The molecule has 0 unspecified atom stereocenters. The number of anilines is 1. The molecule has 1 aliphatic rings. The summed E-state index contributed by atoms with van der Waals surface area (Å²) in [6.07, 6.45) is 5.50. The van der Waals surface area contributed by atoms with Gasteiger partial charge in [-0.1, -0.05) is 53.2 Å². The van der Waals surface area contributed by atoms with Crippen molar-refractivity contribution in [1.82, 2.24) is 0 Å². The summed E-state index contributed by atoms with van der Waals surface area (Å²) in [7, 11) is -4.01. The highest BCUT2D eigenvalue weighted by Gasteiger charge is 2.25. The molecular weight excluding hydrogens is 531 g/mol. The highest BCUT2D eigenvalue weighted by atomic mass is 35.5. The number of thioether (sulfide) groups is 1. The van der Waals surface area contributed by atoms with E-state index in [4.69, 9.17) is 27.8 Å². The SMILES string of the molecule is CCC(=C\c1sc2ccc(Cl)cc2[n+]1CCCS(=O)(=O)O)/C=C1/Sc2ccc(Cl)cc2N1CC. The van der Waals surface area contributed by atoms with Gasteiger partial charge in [0.05, 0.1) is 16.5 Å². The van der Waals surface area contributed by atoms with E-state index in [0.29, 0.717) is 18.0 Å². The van der Waals surface area contributed by atoms with Crippen molar-refractivity contribution >= 4 is 78.4 Å². The van der Waals surface area contributed by atoms with Gasteiger partial charge in [0.15, 0.2) is 6.54 Å². The Labute approximate surface area is 218 Å². The van der Waals surface area contributed by atoms with Crippen LogP contribution in [0.2, 0.25) is 10.0 Å². The van der Waals surface area contributed by atoms with Crippen molar-refractivity contribution in [2.45, 2.75) is 38.1 Å². The monoisotopic (exact) mass is 555 g/mol. The van der Waals surface area contributed by atoms with Crippen LogP contribution in [-0.4, -0.2) is 25.3 Å². The molecule has 1 aliphatic heterocycles. The quantitative estimate of drug-likeness (QED) is 0.238. The first-order valence-electron chi connectivity index (χ1n) is 10.9. The van der Waals surface area contributed by atoms with E-state index in [0.717, 1.165) is 49.5 Å². The molecule has 0 amide bonds. The number of halogens is 2. The molecule has 0 fully saturated rings. The first-order valence-corrected chi connectivity index (χ1v) is 14.9. The molecule has 0 atom stereocenters. The number of hydrogen-bond acceptors (Lipinski definition) is 5. The number of nitrogens with zero attached hydrogens (tertiary/aromatic N) is 2. The van der Waals surface area contributed by atoms with E-state index in [9.17, 15) is 8.42 Å². The van der Waals surface area contributed by atoms with Gasteiger partial charge in [0.25, 0.3) is 15.1 Å². The summed E-state index contributed by atoms with van der Waals surface area (Å²) >= 11 is 15.9. The van der Waals surface area contributed by atoms with Crippen LogP contribution in [0.4, 0.5) is 5.69 Å². The fraction of sp³-hybridized carbons (Fsp3) is 0.292. The zero-order chi connectivity index (χ0) is 24.5. The molecule has 4 rings (SSSR count). The number of aryl methyl sites for hydroxylation is 1. The Morgan fingerprint density at radius 1 is 1.15 bits per heavy atom. The Kier molecular flexibility index (Phi) is 7.96. The van der Waals surface area contributed by atoms with E-state index in [1.165, 1.54) is 4.90 Å². The number of fused-ring (bicyclic) bond motifs is 2. The second kappa shape index (κ2) is 10.6. The molecule has 0 bridgehead atoms. The van der Waals surface area contributed by atoms with Crippen LogP contribution in [-0.2, 0) is 16.7 Å². The number of benzene rings is 2. The van der Waals surface area contributed by atoms with Crippen molar-refractivity contribution in [2.24, 2.45) is 0 Å². The summed E-state index contributed by atoms with van der Waals surface area (Å²) in [4.78, 5) is 3.45. The van der Waals surface area contributed by atoms with E-state index >= 15 is 0 Å². The first-order chi connectivity index (χ1) is 16.2. The predicted octanol–water partition coefficient (Wildman–Crippen LogP) is 7.04. The molecule has 0 saturated heterocycles. The predicted molar refractivity (Wildman–Crippen MR) is 145 cm³/mol. The molecule has 1 N–H and O–H groups in total. The average Bonchev–Trinajstić information content (AvgIpc) is 3.29. The van der Waals surface area contributed by atoms with Crippen LogP contribution in [0.5, 0.6) is 0 Å². The van der Waals surface area contributed by atoms with E-state index in [1.807, 2.05) is 30.3 Å². The lowest BCUT2D eigenvalue weighted by molar-refractivity contribution is -0.668. The molecule has 0 spiro atoms. The Hall–Kier alpha value is -1.55. The Bertz CT molecular complexity index is 1400. The largest absolute Gasteiger partial charge is 0.335 e. The van der Waals surface area contributed by atoms with Crippen molar-refractivity contribution in [3.63, 3.8) is 0 Å². The van der Waals surface area contributed by atoms with Crippen molar-refractivity contribution in [3.8, 4) is 0 Å². The number of rotatable bonds is 8. The molecule has 34 heavy (non-hydrogen) atoms. The second-order valence-corrected chi connectivity index (χ2v) is 12.4. The van der Waals surface area contributed by atoms with Gasteiger partial charge in [-0.05, 0) is 55.3 Å². The number of hydrogen-bond donors (Lipinski definition) is 1. The van der Waals surface area contributed by atoms with Crippen LogP contribution in [0.15, 0.2) is 58.0 Å². The van der Waals surface area contributed by atoms with Crippen molar-refractivity contribution in [2.75, 3.05) is 17.2 Å². The molecule has 2 aromatic carbocycles. The van der Waals surface area contributed by atoms with E-state index < -0.39 is 10.1 Å². The normalized spacial score (nSPS) is 15.5. The van der Waals surface area contributed by atoms with E-state index in [2.05, 4.69) is 41.5 Å². The maximum absolute atomic E-state index is 11.2. The summed E-state index contributed by atoms with van der Waals surface area (Å²) in [5.41, 5.74) is 3.23. The van der Waals surface area contributed by atoms with Crippen molar-refractivity contribution in [1.29, 1.82) is 0 Å². The lowest BCUT2D eigenvalue weighted by Crippen LogP contribution is -2.36. The molecule has 0 radical (unpaired) electrons. The molecule has 0 saturated carbocycles. The zero-order valence-corrected chi connectivity index (χ0v) is 22.8. The van der Waals surface area contributed by atoms with Gasteiger partial charge in [-0.2, -0.15) is 13.0 Å². The second-order valence-electron chi connectivity index (χ2n) is 7.86. The Morgan fingerprint density at radius 3 is 2.59 bits per heavy atom. The zero-order valence-electron chi connectivity index (χ0n) is 18.8. The van der Waals surface area contributed by atoms with Gasteiger partial charge in [-0.15, -0.1) is 0 Å². The van der Waals surface area contributed by atoms with Crippen LogP contribution in [0, 0.1) is 0 Å². The van der Waals surface area contributed by atoms with Crippen LogP contribution in [0.25, 0.3) is 16.3 Å². The van der Waals surface area contributed by atoms with Gasteiger partial charge in [-0.25, -0.2) is 0 Å². The van der Waals surface area contributed by atoms with Gasteiger partial charge in [-0.3, -0.25) is 4.55 Å². The average molecular weight is 557 g/mol. The fourth-order valence-electron chi connectivity index (χ4n) is 3.89. The molecule has 0 aliphatic carbocycles. The highest BCUT2D eigenvalue weighted by molar-refractivity contribution is 8.03. The summed E-state index contributed by atoms with van der Waals surface area (Å²) < 4.78 is 34.8. The van der Waals surface area contributed by atoms with Crippen LogP contribution in [0.3, 0.4) is 0 Å². The van der Waals surface area contributed by atoms with Crippen LogP contribution >= 0.6 is 46.3 Å². The molecule has 10 heteroatoms. The minimum absolute atomic E-state index is 0.283. The first kappa shape index (κ1) is 25.5. The van der Waals surface area contributed by atoms with Gasteiger partial charge >= 0.3 is 0 Å². The third kappa shape index (κ3) is 5.80. The third-order valence-electron chi connectivity index (χ3n) is 5.51. The minimum Gasteiger partial charge on any atom is -0.335 e. The van der Waals surface area contributed by atoms with Gasteiger partial charge in [0.1, 0.15) is 4.70 Å². The maximum Gasteiger partial charge on any atom is 0.265 e. The number of thiazole rings is 1. The number of allylic oxidation sites excluding steroid dienone is 2. The van der Waals surface area contributed by atoms with E-state index in [-0.39, 0.29) is 5.75 Å². The van der Waals surface area contributed by atoms with Gasteiger partial charge in [0.2, 0.25) is 5.52 Å². The topological polar surface area (TPSA) is 61.5 Å². The Balaban J connectivity index is 1.72. The lowest BCUT2D eigenvalue weighted by atomic mass is 10.2. The smallest absolute Gasteiger partial charge is 0.265 e.